The zero-order valence-corrected chi connectivity index (χ0v) is 16.7. The van der Waals surface area contributed by atoms with Crippen LogP contribution in [-0.4, -0.2) is 19.6 Å². The number of nitrogens with one attached hydrogen (secondary N) is 1. The van der Waals surface area contributed by atoms with Crippen LogP contribution in [0, 0.1) is 11.3 Å². The molecule has 2 unspecified atom stereocenters. The van der Waals surface area contributed by atoms with Gasteiger partial charge in [-0.25, -0.2) is 0 Å². The van der Waals surface area contributed by atoms with Crippen molar-refractivity contribution in [2.24, 2.45) is 11.3 Å². The first kappa shape index (κ1) is 20.0. The smallest absolute Gasteiger partial charge is 0.316 e. The molecule has 2 atom stereocenters. The molecule has 1 aromatic carbocycles. The van der Waals surface area contributed by atoms with E-state index in [0.717, 1.165) is 18.2 Å². The van der Waals surface area contributed by atoms with E-state index in [2.05, 4.69) is 24.4 Å². The van der Waals surface area contributed by atoms with Gasteiger partial charge in [0.25, 0.3) is 0 Å². The van der Waals surface area contributed by atoms with E-state index in [9.17, 15) is 4.79 Å². The third-order valence-corrected chi connectivity index (χ3v) is 5.39. The lowest BCUT2D eigenvalue weighted by Gasteiger charge is -2.37. The van der Waals surface area contributed by atoms with Crippen LogP contribution in [-0.2, 0) is 11.2 Å². The number of ether oxygens (including phenoxy) is 1. The summed E-state index contributed by atoms with van der Waals surface area (Å²) in [4.78, 5) is 12.1. The number of hydrogen-bond acceptors (Lipinski definition) is 3. The van der Waals surface area contributed by atoms with Crippen molar-refractivity contribution >= 4 is 5.97 Å². The van der Waals surface area contributed by atoms with Gasteiger partial charge in [0.2, 0.25) is 0 Å². The van der Waals surface area contributed by atoms with Crippen LogP contribution in [0.15, 0.2) is 18.2 Å². The third-order valence-electron chi connectivity index (χ3n) is 5.39. The lowest BCUT2D eigenvalue weighted by molar-refractivity contribution is -0.143. The van der Waals surface area contributed by atoms with Crippen molar-refractivity contribution in [1.82, 2.24) is 5.32 Å². The highest BCUT2D eigenvalue weighted by molar-refractivity contribution is 5.77. The normalized spacial score (nSPS) is 22.1. The molecule has 1 saturated carbocycles. The summed E-state index contributed by atoms with van der Waals surface area (Å²) < 4.78 is 5.59. The van der Waals surface area contributed by atoms with Crippen LogP contribution in [0.2, 0.25) is 0 Å². The van der Waals surface area contributed by atoms with Gasteiger partial charge >= 0.3 is 5.97 Å². The molecule has 0 aromatic heterocycles. The van der Waals surface area contributed by atoms with Crippen LogP contribution in [0.3, 0.4) is 0 Å². The van der Waals surface area contributed by atoms with Crippen molar-refractivity contribution in [3.63, 3.8) is 0 Å². The first-order chi connectivity index (χ1) is 11.9. The van der Waals surface area contributed by atoms with E-state index in [1.54, 1.807) is 0 Å². The van der Waals surface area contributed by atoms with Crippen molar-refractivity contribution in [2.45, 2.75) is 72.1 Å². The molecule has 0 bridgehead atoms. The van der Waals surface area contributed by atoms with E-state index in [1.807, 2.05) is 33.9 Å². The Bertz CT molecular complexity index is 572. The van der Waals surface area contributed by atoms with E-state index >= 15 is 0 Å². The number of benzene rings is 1. The quantitative estimate of drug-likeness (QED) is 0.600. The second-order valence-electron chi connectivity index (χ2n) is 8.40. The van der Waals surface area contributed by atoms with Crippen molar-refractivity contribution in [3.8, 4) is 5.75 Å². The molecule has 3 rings (SSSR count). The van der Waals surface area contributed by atoms with E-state index in [0.29, 0.717) is 5.92 Å². The monoisotopic (exact) mass is 345 g/mol. The Morgan fingerprint density at radius 2 is 1.88 bits per heavy atom. The summed E-state index contributed by atoms with van der Waals surface area (Å²) >= 11 is 0. The Labute approximate surface area is 153 Å². The van der Waals surface area contributed by atoms with E-state index in [1.165, 1.54) is 49.7 Å². The summed E-state index contributed by atoms with van der Waals surface area (Å²) in [5, 5.41) is 2.93. The highest BCUT2D eigenvalue weighted by Crippen LogP contribution is 2.45. The van der Waals surface area contributed by atoms with Crippen molar-refractivity contribution < 1.29 is 9.53 Å². The average molecular weight is 346 g/mol. The van der Waals surface area contributed by atoms with Gasteiger partial charge in [-0.15, -0.1) is 0 Å². The van der Waals surface area contributed by atoms with Gasteiger partial charge in [-0.1, -0.05) is 25.8 Å². The molecule has 1 N–H and O–H groups in total. The molecule has 0 spiro atoms. The molecule has 1 aromatic rings. The van der Waals surface area contributed by atoms with Gasteiger partial charge in [0.05, 0.1) is 5.41 Å². The summed E-state index contributed by atoms with van der Waals surface area (Å²) in [6, 6.07) is 6.28. The largest absolute Gasteiger partial charge is 0.426 e. The summed E-state index contributed by atoms with van der Waals surface area (Å²) in [6.45, 7) is 8.82. The highest BCUT2D eigenvalue weighted by Gasteiger charge is 2.32. The van der Waals surface area contributed by atoms with Gasteiger partial charge in [0.15, 0.2) is 0 Å². The lowest BCUT2D eigenvalue weighted by Crippen LogP contribution is -2.26. The van der Waals surface area contributed by atoms with E-state index in [4.69, 9.17) is 4.74 Å². The molecule has 0 saturated heterocycles. The molecule has 1 fully saturated rings. The first-order valence-corrected chi connectivity index (χ1v) is 9.86. The number of carbonyl (C=O) groups is 1. The van der Waals surface area contributed by atoms with Gasteiger partial charge in [0.1, 0.15) is 5.75 Å². The fourth-order valence-electron chi connectivity index (χ4n) is 3.77. The first-order valence-electron chi connectivity index (χ1n) is 9.86. The predicted octanol–water partition coefficient (Wildman–Crippen LogP) is 5.08. The third kappa shape index (κ3) is 5.31. The van der Waals surface area contributed by atoms with Crippen molar-refractivity contribution in [3.05, 3.63) is 29.3 Å². The van der Waals surface area contributed by atoms with Crippen LogP contribution in [0.1, 0.15) is 76.8 Å². The molecule has 140 valence electrons. The average Bonchev–Trinajstić information content (AvgIpc) is 2.61. The number of fused-ring (bicyclic) bond motifs is 3. The highest BCUT2D eigenvalue weighted by atomic mass is 16.5. The Kier molecular flexibility index (Phi) is 7.06. The Balaban J connectivity index is 0.000000511. The molecule has 0 heterocycles. The Morgan fingerprint density at radius 3 is 2.52 bits per heavy atom. The SMILES string of the molecule is CC(C)(C)C(=O)Oc1ccc2c(c1)C1CCCCC1CC2.CCNC. The van der Waals surface area contributed by atoms with Crippen LogP contribution >= 0.6 is 0 Å². The number of rotatable bonds is 2. The minimum atomic E-state index is -0.455. The molecule has 3 nitrogen and oxygen atoms in total. The van der Waals surface area contributed by atoms with Crippen molar-refractivity contribution in [1.29, 1.82) is 0 Å². The molecule has 0 amide bonds. The maximum atomic E-state index is 12.1. The van der Waals surface area contributed by atoms with E-state index in [-0.39, 0.29) is 5.97 Å². The van der Waals surface area contributed by atoms with Crippen LogP contribution in [0.25, 0.3) is 0 Å². The fourth-order valence-corrected chi connectivity index (χ4v) is 3.77. The molecule has 25 heavy (non-hydrogen) atoms. The summed E-state index contributed by atoms with van der Waals surface area (Å²) in [5.74, 6) is 2.11. The molecule has 2 aliphatic rings. The molecular formula is C22H35NO2. The number of esters is 1. The van der Waals surface area contributed by atoms with Crippen LogP contribution in [0.5, 0.6) is 5.75 Å². The van der Waals surface area contributed by atoms with Crippen LogP contribution in [0.4, 0.5) is 0 Å². The Morgan fingerprint density at radius 1 is 1.20 bits per heavy atom. The van der Waals surface area contributed by atoms with Gasteiger partial charge < -0.3 is 10.1 Å². The summed E-state index contributed by atoms with van der Waals surface area (Å²) in [7, 11) is 1.93. The summed E-state index contributed by atoms with van der Waals surface area (Å²) in [5.41, 5.74) is 2.46. The molecule has 0 radical (unpaired) electrons. The van der Waals surface area contributed by atoms with Gasteiger partial charge in [-0.2, -0.15) is 0 Å². The molecule has 3 heteroatoms. The number of carbonyl (C=O) groups excluding carboxylic acids is 1. The minimum absolute atomic E-state index is 0.154. The van der Waals surface area contributed by atoms with Crippen molar-refractivity contribution in [2.75, 3.05) is 13.6 Å². The zero-order chi connectivity index (χ0) is 18.4. The zero-order valence-electron chi connectivity index (χ0n) is 16.7. The molecule has 0 aliphatic heterocycles. The minimum Gasteiger partial charge on any atom is -0.426 e. The predicted molar refractivity (Wildman–Crippen MR) is 104 cm³/mol. The maximum absolute atomic E-state index is 12.1. The molecular weight excluding hydrogens is 310 g/mol. The molecule has 2 aliphatic carbocycles. The van der Waals surface area contributed by atoms with E-state index < -0.39 is 5.41 Å². The van der Waals surface area contributed by atoms with Gasteiger partial charge in [-0.3, -0.25) is 4.79 Å². The van der Waals surface area contributed by atoms with Gasteiger partial charge in [0, 0.05) is 0 Å². The fraction of sp³-hybridized carbons (Fsp3) is 0.682. The maximum Gasteiger partial charge on any atom is 0.316 e. The summed E-state index contributed by atoms with van der Waals surface area (Å²) in [6.07, 6.45) is 7.91. The second kappa shape index (κ2) is 8.84. The number of hydrogen-bond donors (Lipinski definition) is 1. The lowest BCUT2D eigenvalue weighted by atomic mass is 9.68. The standard InChI is InChI=1S/C19H26O2.C3H9N/c1-19(2,3)18(20)21-15-11-10-14-9-8-13-6-4-5-7-16(13)17(14)12-15;1-3-4-2/h10-13,16H,4-9H2,1-3H3;4H,3H2,1-2H3. The number of aryl methyl sites for hydroxylation is 1. The Hall–Kier alpha value is -1.35. The van der Waals surface area contributed by atoms with Gasteiger partial charge in [-0.05, 0) is 95.1 Å². The second-order valence-corrected chi connectivity index (χ2v) is 8.40. The topological polar surface area (TPSA) is 38.3 Å². The van der Waals surface area contributed by atoms with Crippen LogP contribution < -0.4 is 10.1 Å².